The lowest BCUT2D eigenvalue weighted by atomic mass is 9.84. The van der Waals surface area contributed by atoms with Crippen LogP contribution in [0.5, 0.6) is 17.2 Å². The molecule has 0 aliphatic carbocycles. The standard InChI is InChI=1S/C24H18ClN3O4/c1-13-8-20-22(21(17(10-26)23(27)32-20)15-3-5-16(25)6-4-15)24(29)28(13)11-14-2-7-18-19(9-14)31-12-30-18/h2-9,21H,11-12,27H2,1H3/t21-/m1/s1. The molecular weight excluding hydrogens is 430 g/mol. The van der Waals surface area contributed by atoms with Gasteiger partial charge < -0.3 is 24.5 Å². The fourth-order valence-corrected chi connectivity index (χ4v) is 4.22. The van der Waals surface area contributed by atoms with Crippen LogP contribution in [0.4, 0.5) is 0 Å². The maximum absolute atomic E-state index is 13.7. The highest BCUT2D eigenvalue weighted by Crippen LogP contribution is 2.41. The molecule has 8 heteroatoms. The van der Waals surface area contributed by atoms with Gasteiger partial charge in [-0.05, 0) is 42.3 Å². The molecule has 0 fully saturated rings. The molecule has 0 unspecified atom stereocenters. The molecule has 3 heterocycles. The molecule has 0 radical (unpaired) electrons. The summed E-state index contributed by atoms with van der Waals surface area (Å²) < 4.78 is 18.2. The molecule has 0 saturated heterocycles. The van der Waals surface area contributed by atoms with Crippen molar-refractivity contribution in [3.05, 3.63) is 97.7 Å². The van der Waals surface area contributed by atoms with Gasteiger partial charge in [0.15, 0.2) is 11.5 Å². The summed E-state index contributed by atoms with van der Waals surface area (Å²) in [5.74, 6) is 1.02. The van der Waals surface area contributed by atoms with Gasteiger partial charge in [-0.1, -0.05) is 29.8 Å². The lowest BCUT2D eigenvalue weighted by molar-refractivity contribution is 0.174. The summed E-state index contributed by atoms with van der Waals surface area (Å²) in [5.41, 5.74) is 8.67. The van der Waals surface area contributed by atoms with E-state index in [1.165, 1.54) is 0 Å². The van der Waals surface area contributed by atoms with Crippen molar-refractivity contribution < 1.29 is 14.2 Å². The molecule has 2 aliphatic heterocycles. The second-order valence-electron chi connectivity index (χ2n) is 7.62. The molecule has 32 heavy (non-hydrogen) atoms. The van der Waals surface area contributed by atoms with Crippen molar-refractivity contribution in [2.75, 3.05) is 6.79 Å². The van der Waals surface area contributed by atoms with E-state index in [1.54, 1.807) is 34.9 Å². The van der Waals surface area contributed by atoms with E-state index in [0.29, 0.717) is 40.1 Å². The number of aromatic nitrogens is 1. The van der Waals surface area contributed by atoms with Gasteiger partial charge in [-0.3, -0.25) is 4.79 Å². The van der Waals surface area contributed by atoms with Crippen LogP contribution >= 0.6 is 11.6 Å². The fraction of sp³-hybridized carbons (Fsp3) is 0.167. The molecule has 2 aromatic carbocycles. The Labute approximate surface area is 188 Å². The Hall–Kier alpha value is -3.89. The first kappa shape index (κ1) is 20.0. The van der Waals surface area contributed by atoms with E-state index < -0.39 is 5.92 Å². The molecule has 0 spiro atoms. The first-order valence-electron chi connectivity index (χ1n) is 9.92. The van der Waals surface area contributed by atoms with Gasteiger partial charge >= 0.3 is 0 Å². The minimum absolute atomic E-state index is 0.00716. The average molecular weight is 448 g/mol. The fourth-order valence-electron chi connectivity index (χ4n) is 4.09. The van der Waals surface area contributed by atoms with Crippen molar-refractivity contribution in [3.8, 4) is 23.3 Å². The molecule has 2 aliphatic rings. The molecule has 1 aromatic heterocycles. The quantitative estimate of drug-likeness (QED) is 0.655. The molecule has 2 N–H and O–H groups in total. The summed E-state index contributed by atoms with van der Waals surface area (Å²) in [6.07, 6.45) is 0. The number of nitriles is 1. The van der Waals surface area contributed by atoms with Crippen LogP contribution in [0.1, 0.15) is 28.3 Å². The van der Waals surface area contributed by atoms with E-state index in [9.17, 15) is 10.1 Å². The van der Waals surface area contributed by atoms with E-state index >= 15 is 0 Å². The van der Waals surface area contributed by atoms with Crippen LogP contribution in [0, 0.1) is 18.3 Å². The number of pyridine rings is 1. The number of nitrogens with two attached hydrogens (primary N) is 1. The lowest BCUT2D eigenvalue weighted by Crippen LogP contribution is -2.33. The zero-order chi connectivity index (χ0) is 22.4. The Morgan fingerprint density at radius 3 is 2.62 bits per heavy atom. The van der Waals surface area contributed by atoms with Crippen molar-refractivity contribution in [2.24, 2.45) is 5.73 Å². The van der Waals surface area contributed by atoms with Crippen molar-refractivity contribution in [1.29, 1.82) is 5.26 Å². The molecule has 0 bridgehead atoms. The van der Waals surface area contributed by atoms with Gasteiger partial charge in [0, 0.05) is 16.8 Å². The third-order valence-corrected chi connectivity index (χ3v) is 5.92. The largest absolute Gasteiger partial charge is 0.454 e. The second-order valence-corrected chi connectivity index (χ2v) is 8.06. The Kier molecular flexibility index (Phi) is 4.80. The van der Waals surface area contributed by atoms with Gasteiger partial charge in [0.25, 0.3) is 5.56 Å². The van der Waals surface area contributed by atoms with Gasteiger partial charge in [0.1, 0.15) is 17.4 Å². The number of allylic oxidation sites excluding steroid dienone is 1. The number of aryl methyl sites for hydroxylation is 1. The van der Waals surface area contributed by atoms with Gasteiger partial charge in [-0.15, -0.1) is 0 Å². The highest BCUT2D eigenvalue weighted by Gasteiger charge is 2.34. The minimum atomic E-state index is -0.655. The predicted octanol–water partition coefficient (Wildman–Crippen LogP) is 3.81. The summed E-state index contributed by atoms with van der Waals surface area (Å²) in [6, 6.07) is 16.5. The molecule has 0 amide bonds. The number of benzene rings is 2. The molecule has 5 rings (SSSR count). The Morgan fingerprint density at radius 1 is 1.12 bits per heavy atom. The third-order valence-electron chi connectivity index (χ3n) is 5.67. The Balaban J connectivity index is 1.65. The number of rotatable bonds is 3. The van der Waals surface area contributed by atoms with E-state index in [1.807, 2.05) is 25.1 Å². The first-order chi connectivity index (χ1) is 15.5. The van der Waals surface area contributed by atoms with E-state index in [-0.39, 0.29) is 23.8 Å². The Bertz CT molecular complexity index is 1370. The third kappa shape index (κ3) is 3.26. The number of hydrogen-bond acceptors (Lipinski definition) is 6. The molecule has 160 valence electrons. The molecule has 0 saturated carbocycles. The van der Waals surface area contributed by atoms with Crippen molar-refractivity contribution in [1.82, 2.24) is 4.57 Å². The molecule has 7 nitrogen and oxygen atoms in total. The van der Waals surface area contributed by atoms with Gasteiger partial charge in [0.2, 0.25) is 12.7 Å². The summed E-state index contributed by atoms with van der Waals surface area (Å²) in [7, 11) is 0. The summed E-state index contributed by atoms with van der Waals surface area (Å²) in [5, 5.41) is 10.3. The minimum Gasteiger partial charge on any atom is -0.454 e. The van der Waals surface area contributed by atoms with Crippen LogP contribution < -0.4 is 25.5 Å². The van der Waals surface area contributed by atoms with Crippen LogP contribution in [-0.2, 0) is 6.54 Å². The number of ether oxygens (including phenoxy) is 3. The molecular formula is C24H18ClN3O4. The number of halogens is 1. The van der Waals surface area contributed by atoms with Crippen molar-refractivity contribution >= 4 is 11.6 Å². The maximum atomic E-state index is 13.7. The van der Waals surface area contributed by atoms with E-state index in [0.717, 1.165) is 11.1 Å². The van der Waals surface area contributed by atoms with Crippen LogP contribution in [0.2, 0.25) is 5.02 Å². The van der Waals surface area contributed by atoms with Crippen LogP contribution in [0.15, 0.2) is 64.8 Å². The summed E-state index contributed by atoms with van der Waals surface area (Å²) in [6.45, 7) is 2.33. The average Bonchev–Trinajstić information content (AvgIpc) is 3.24. The number of hydrogen-bond donors (Lipinski definition) is 1. The smallest absolute Gasteiger partial charge is 0.259 e. The number of fused-ring (bicyclic) bond motifs is 2. The highest BCUT2D eigenvalue weighted by molar-refractivity contribution is 6.30. The van der Waals surface area contributed by atoms with Gasteiger partial charge in [-0.25, -0.2) is 0 Å². The topological polar surface area (TPSA) is 99.5 Å². The monoisotopic (exact) mass is 447 g/mol. The first-order valence-corrected chi connectivity index (χ1v) is 10.3. The van der Waals surface area contributed by atoms with Gasteiger partial charge in [0.05, 0.1) is 18.0 Å². The second kappa shape index (κ2) is 7.66. The zero-order valence-corrected chi connectivity index (χ0v) is 17.8. The Morgan fingerprint density at radius 2 is 1.88 bits per heavy atom. The molecule has 3 aromatic rings. The number of nitrogens with zero attached hydrogens (tertiary/aromatic N) is 2. The van der Waals surface area contributed by atoms with Gasteiger partial charge in [-0.2, -0.15) is 5.26 Å². The summed E-state index contributed by atoms with van der Waals surface area (Å²) >= 11 is 6.05. The maximum Gasteiger partial charge on any atom is 0.259 e. The predicted molar refractivity (Wildman–Crippen MR) is 118 cm³/mol. The normalized spacial score (nSPS) is 16.3. The van der Waals surface area contributed by atoms with Crippen molar-refractivity contribution in [2.45, 2.75) is 19.4 Å². The highest BCUT2D eigenvalue weighted by atomic mass is 35.5. The van der Waals surface area contributed by atoms with Crippen LogP contribution in [0.3, 0.4) is 0 Å². The van der Waals surface area contributed by atoms with Crippen molar-refractivity contribution in [3.63, 3.8) is 0 Å². The SMILES string of the molecule is Cc1cc2c(c(=O)n1Cc1ccc3c(c1)OCO3)[C@H](c1ccc(Cl)cc1)C(C#N)=C(N)O2. The van der Waals surface area contributed by atoms with Crippen LogP contribution in [0.25, 0.3) is 0 Å². The zero-order valence-electron chi connectivity index (χ0n) is 17.1. The molecule has 1 atom stereocenters. The van der Waals surface area contributed by atoms with E-state index in [2.05, 4.69) is 6.07 Å². The summed E-state index contributed by atoms with van der Waals surface area (Å²) in [4.78, 5) is 13.7. The van der Waals surface area contributed by atoms with E-state index in [4.69, 9.17) is 31.5 Å². The van der Waals surface area contributed by atoms with Crippen LogP contribution in [-0.4, -0.2) is 11.4 Å². The lowest BCUT2D eigenvalue weighted by Gasteiger charge is -2.27.